The zero-order valence-electron chi connectivity index (χ0n) is 14.4. The zero-order chi connectivity index (χ0) is 17.8. The molecule has 0 saturated carbocycles. The lowest BCUT2D eigenvalue weighted by Gasteiger charge is -2.15. The van der Waals surface area contributed by atoms with Gasteiger partial charge in [-0.05, 0) is 24.8 Å². The van der Waals surface area contributed by atoms with Crippen LogP contribution < -0.4 is 4.74 Å². The Morgan fingerprint density at radius 2 is 1.96 bits per heavy atom. The second-order valence-corrected chi connectivity index (χ2v) is 6.22. The van der Waals surface area contributed by atoms with Gasteiger partial charge in [0.1, 0.15) is 11.5 Å². The van der Waals surface area contributed by atoms with Crippen LogP contribution in [0.1, 0.15) is 33.5 Å². The molecule has 0 spiro atoms. The number of nitrogens with zero attached hydrogens (tertiary/aromatic N) is 1. The number of phenolic OH excluding ortho intramolecular Hbond substituents is 1. The summed E-state index contributed by atoms with van der Waals surface area (Å²) in [5.41, 5.74) is 3.16. The zero-order valence-corrected chi connectivity index (χ0v) is 14.4. The highest BCUT2D eigenvalue weighted by Crippen LogP contribution is 2.39. The van der Waals surface area contributed by atoms with Crippen molar-refractivity contribution in [2.24, 2.45) is 0 Å². The van der Waals surface area contributed by atoms with Gasteiger partial charge in [-0.25, -0.2) is 0 Å². The topological polar surface area (TPSA) is 70.0 Å². The van der Waals surface area contributed by atoms with E-state index in [0.29, 0.717) is 42.8 Å². The van der Waals surface area contributed by atoms with Crippen molar-refractivity contribution in [3.05, 3.63) is 58.7 Å². The quantitative estimate of drug-likeness (QED) is 0.812. The molecule has 0 saturated heterocycles. The summed E-state index contributed by atoms with van der Waals surface area (Å²) >= 11 is 0. The van der Waals surface area contributed by atoms with Crippen molar-refractivity contribution in [3.8, 4) is 11.5 Å². The molecule has 1 aliphatic rings. The Kier molecular flexibility index (Phi) is 5.24. The summed E-state index contributed by atoms with van der Waals surface area (Å²) in [6.07, 6.45) is 1.75. The minimum atomic E-state index is -0.0759. The second kappa shape index (κ2) is 7.57. The molecule has 2 N–H and O–H groups in total. The molecule has 0 fully saturated rings. The molecular formula is C20H23NO4. The molecule has 2 aromatic rings. The van der Waals surface area contributed by atoms with Gasteiger partial charge in [-0.15, -0.1) is 0 Å². The number of carbonyl (C=O) groups excluding carboxylic acids is 1. The van der Waals surface area contributed by atoms with Crippen molar-refractivity contribution in [1.29, 1.82) is 0 Å². The third-order valence-electron chi connectivity index (χ3n) is 4.65. The smallest absolute Gasteiger partial charge is 0.255 e. The standard InChI is InChI=1S/C20H23NO4/c1-25-18-12-17(23)15(8-5-11-22)19-16(18)13-21(20(19)24)10-9-14-6-3-2-4-7-14/h2-4,6-7,12,22-23H,5,8-11,13H2,1H3. The fourth-order valence-electron chi connectivity index (χ4n) is 3.35. The number of hydrogen-bond acceptors (Lipinski definition) is 4. The Labute approximate surface area is 147 Å². The van der Waals surface area contributed by atoms with Gasteiger partial charge in [-0.2, -0.15) is 0 Å². The number of methoxy groups -OCH3 is 1. The molecule has 0 atom stereocenters. The number of fused-ring (bicyclic) bond motifs is 1. The highest BCUT2D eigenvalue weighted by molar-refractivity contribution is 6.01. The van der Waals surface area contributed by atoms with Crippen LogP contribution in [-0.4, -0.2) is 41.3 Å². The third kappa shape index (κ3) is 3.46. The molecule has 0 unspecified atom stereocenters. The van der Waals surface area contributed by atoms with E-state index in [4.69, 9.17) is 9.84 Å². The van der Waals surface area contributed by atoms with Crippen LogP contribution in [0.15, 0.2) is 36.4 Å². The van der Waals surface area contributed by atoms with Crippen molar-refractivity contribution in [2.45, 2.75) is 25.8 Å². The Balaban J connectivity index is 1.86. The van der Waals surface area contributed by atoms with Crippen molar-refractivity contribution in [3.63, 3.8) is 0 Å². The first-order valence-corrected chi connectivity index (χ1v) is 8.51. The molecule has 0 aliphatic carbocycles. The van der Waals surface area contributed by atoms with Gasteiger partial charge in [0.2, 0.25) is 0 Å². The SMILES string of the molecule is COc1cc(O)c(CCCO)c2c1CN(CCc1ccccc1)C2=O. The van der Waals surface area contributed by atoms with Gasteiger partial charge >= 0.3 is 0 Å². The van der Waals surface area contributed by atoms with Crippen LogP contribution in [0.4, 0.5) is 0 Å². The van der Waals surface area contributed by atoms with Crippen molar-refractivity contribution >= 4 is 5.91 Å². The molecule has 1 aliphatic heterocycles. The summed E-state index contributed by atoms with van der Waals surface area (Å²) in [6, 6.07) is 11.6. The predicted molar refractivity (Wildman–Crippen MR) is 95.0 cm³/mol. The van der Waals surface area contributed by atoms with Crippen LogP contribution in [0.3, 0.4) is 0 Å². The fourth-order valence-corrected chi connectivity index (χ4v) is 3.35. The molecule has 0 aromatic heterocycles. The lowest BCUT2D eigenvalue weighted by atomic mass is 9.97. The number of aromatic hydroxyl groups is 1. The average Bonchev–Trinajstić information content (AvgIpc) is 2.96. The Bertz CT molecular complexity index is 758. The first-order chi connectivity index (χ1) is 12.2. The summed E-state index contributed by atoms with van der Waals surface area (Å²) in [4.78, 5) is 14.7. The van der Waals surface area contributed by atoms with E-state index >= 15 is 0 Å². The number of phenols is 1. The number of carbonyl (C=O) groups is 1. The maximum atomic E-state index is 12.9. The number of benzene rings is 2. The highest BCUT2D eigenvalue weighted by atomic mass is 16.5. The highest BCUT2D eigenvalue weighted by Gasteiger charge is 2.33. The lowest BCUT2D eigenvalue weighted by molar-refractivity contribution is 0.0779. The van der Waals surface area contributed by atoms with Crippen molar-refractivity contribution < 1.29 is 19.7 Å². The number of ether oxygens (including phenoxy) is 1. The number of rotatable bonds is 7. The van der Waals surface area contributed by atoms with Gasteiger partial charge in [0.05, 0.1) is 19.2 Å². The Hall–Kier alpha value is -2.53. The lowest BCUT2D eigenvalue weighted by Crippen LogP contribution is -2.26. The minimum absolute atomic E-state index is 0.0200. The Morgan fingerprint density at radius 1 is 1.20 bits per heavy atom. The Morgan fingerprint density at radius 3 is 2.64 bits per heavy atom. The normalized spacial score (nSPS) is 13.2. The van der Waals surface area contributed by atoms with Crippen molar-refractivity contribution in [1.82, 2.24) is 4.90 Å². The largest absolute Gasteiger partial charge is 0.508 e. The average molecular weight is 341 g/mol. The summed E-state index contributed by atoms with van der Waals surface area (Å²) in [6.45, 7) is 1.11. The van der Waals surface area contributed by atoms with E-state index in [0.717, 1.165) is 12.0 Å². The molecular weight excluding hydrogens is 318 g/mol. The van der Waals surface area contributed by atoms with E-state index in [-0.39, 0.29) is 18.3 Å². The number of aliphatic hydroxyl groups excluding tert-OH is 1. The van der Waals surface area contributed by atoms with Gasteiger partial charge in [-0.1, -0.05) is 30.3 Å². The van der Waals surface area contributed by atoms with E-state index in [9.17, 15) is 9.90 Å². The van der Waals surface area contributed by atoms with Crippen LogP contribution in [0.2, 0.25) is 0 Å². The third-order valence-corrected chi connectivity index (χ3v) is 4.65. The van der Waals surface area contributed by atoms with Gasteiger partial charge in [0.25, 0.3) is 5.91 Å². The summed E-state index contributed by atoms with van der Waals surface area (Å²) in [5.74, 6) is 0.520. The molecule has 132 valence electrons. The van der Waals surface area contributed by atoms with Gasteiger partial charge in [0, 0.05) is 30.3 Å². The predicted octanol–water partition coefficient (Wildman–Crippen LogP) is 2.52. The molecule has 5 heteroatoms. The first-order valence-electron chi connectivity index (χ1n) is 8.51. The van der Waals surface area contributed by atoms with Crippen LogP contribution in [0.25, 0.3) is 0 Å². The number of hydrogen-bond donors (Lipinski definition) is 2. The van der Waals surface area contributed by atoms with E-state index in [2.05, 4.69) is 0 Å². The van der Waals surface area contributed by atoms with E-state index in [1.165, 1.54) is 5.56 Å². The molecule has 3 rings (SSSR count). The maximum Gasteiger partial charge on any atom is 0.255 e. The molecule has 1 heterocycles. The molecule has 5 nitrogen and oxygen atoms in total. The van der Waals surface area contributed by atoms with Crippen LogP contribution in [-0.2, 0) is 19.4 Å². The van der Waals surface area contributed by atoms with Crippen LogP contribution in [0.5, 0.6) is 11.5 Å². The minimum Gasteiger partial charge on any atom is -0.508 e. The van der Waals surface area contributed by atoms with Gasteiger partial charge in [-0.3, -0.25) is 4.79 Å². The summed E-state index contributed by atoms with van der Waals surface area (Å²) < 4.78 is 5.37. The second-order valence-electron chi connectivity index (χ2n) is 6.22. The van der Waals surface area contributed by atoms with Gasteiger partial charge < -0.3 is 19.8 Å². The van der Waals surface area contributed by atoms with Crippen molar-refractivity contribution in [2.75, 3.05) is 20.3 Å². The number of amides is 1. The molecule has 25 heavy (non-hydrogen) atoms. The van der Waals surface area contributed by atoms with E-state index < -0.39 is 0 Å². The van der Waals surface area contributed by atoms with Crippen LogP contribution in [0, 0.1) is 0 Å². The fraction of sp³-hybridized carbons (Fsp3) is 0.350. The maximum absolute atomic E-state index is 12.9. The van der Waals surface area contributed by atoms with Crippen LogP contribution >= 0.6 is 0 Å². The van der Waals surface area contributed by atoms with Gasteiger partial charge in [0.15, 0.2) is 0 Å². The van der Waals surface area contributed by atoms with E-state index in [1.807, 2.05) is 30.3 Å². The molecule has 0 bridgehead atoms. The number of aliphatic hydroxyl groups is 1. The molecule has 0 radical (unpaired) electrons. The summed E-state index contributed by atoms with van der Waals surface area (Å²) in [7, 11) is 1.54. The van der Waals surface area contributed by atoms with E-state index in [1.54, 1.807) is 18.1 Å². The molecule has 1 amide bonds. The first kappa shape index (κ1) is 17.3. The molecule has 2 aromatic carbocycles. The summed E-state index contributed by atoms with van der Waals surface area (Å²) in [5, 5.41) is 19.4. The monoisotopic (exact) mass is 341 g/mol.